The zero-order chi connectivity index (χ0) is 22.2. The molecule has 0 amide bonds. The van der Waals surface area contributed by atoms with E-state index >= 15 is 0 Å². The zero-order valence-electron chi connectivity index (χ0n) is 16.8. The van der Waals surface area contributed by atoms with E-state index in [4.69, 9.17) is 0 Å². The summed E-state index contributed by atoms with van der Waals surface area (Å²) in [5.74, 6) is -1.16. The predicted octanol–water partition coefficient (Wildman–Crippen LogP) is 6.73. The van der Waals surface area contributed by atoms with E-state index in [1.807, 2.05) is 24.3 Å². The molecule has 154 valence electrons. The van der Waals surface area contributed by atoms with Crippen LogP contribution in [0.3, 0.4) is 0 Å². The largest absolute Gasteiger partial charge is 0.289 e. The Morgan fingerprint density at radius 1 is 0.406 bits per heavy atom. The average Bonchev–Trinajstić information content (AvgIpc) is 2.82. The van der Waals surface area contributed by atoms with Gasteiger partial charge in [-0.3, -0.25) is 9.59 Å². The van der Waals surface area contributed by atoms with Crippen molar-refractivity contribution in [2.24, 2.45) is 0 Å². The van der Waals surface area contributed by atoms with Crippen LogP contribution in [0.2, 0.25) is 0 Å². The van der Waals surface area contributed by atoms with Crippen molar-refractivity contribution in [2.45, 2.75) is 0 Å². The minimum Gasteiger partial charge on any atom is -0.289 e. The van der Waals surface area contributed by atoms with Crippen LogP contribution in [-0.2, 0) is 0 Å². The number of fused-ring (bicyclic) bond motifs is 2. The predicted molar refractivity (Wildman–Crippen MR) is 121 cm³/mol. The molecule has 0 aliphatic heterocycles. The number of carbonyl (C=O) groups is 2. The van der Waals surface area contributed by atoms with Crippen molar-refractivity contribution < 1.29 is 18.4 Å². The third-order valence-corrected chi connectivity index (χ3v) is 5.53. The van der Waals surface area contributed by atoms with Gasteiger partial charge in [0.15, 0.2) is 11.6 Å². The van der Waals surface area contributed by atoms with Crippen LogP contribution in [0.5, 0.6) is 0 Å². The lowest BCUT2D eigenvalue weighted by atomic mass is 9.95. The first-order valence-corrected chi connectivity index (χ1v) is 10.1. The van der Waals surface area contributed by atoms with Crippen molar-refractivity contribution in [2.75, 3.05) is 0 Å². The maximum atomic E-state index is 13.2. The summed E-state index contributed by atoms with van der Waals surface area (Å²) in [5, 5.41) is 3.64. The summed E-state index contributed by atoms with van der Waals surface area (Å²) in [5.41, 5.74) is 1.83. The average molecular weight is 422 g/mol. The van der Waals surface area contributed by atoms with Crippen LogP contribution in [0.25, 0.3) is 21.5 Å². The Balaban J connectivity index is 1.54. The van der Waals surface area contributed by atoms with Gasteiger partial charge < -0.3 is 0 Å². The molecule has 0 N–H and O–H groups in total. The molecule has 0 fully saturated rings. The lowest BCUT2D eigenvalue weighted by Gasteiger charge is -2.08. The number of benzene rings is 5. The summed E-state index contributed by atoms with van der Waals surface area (Å²) < 4.78 is 26.3. The Morgan fingerprint density at radius 3 is 1.16 bits per heavy atom. The second-order valence-electron chi connectivity index (χ2n) is 7.65. The Bertz CT molecular complexity index is 1390. The quantitative estimate of drug-likeness (QED) is 0.238. The van der Waals surface area contributed by atoms with Gasteiger partial charge in [-0.1, -0.05) is 24.3 Å². The Hall–Kier alpha value is -4.18. The van der Waals surface area contributed by atoms with Gasteiger partial charge in [-0.05, 0) is 94.3 Å². The van der Waals surface area contributed by atoms with E-state index in [2.05, 4.69) is 0 Å². The summed E-state index contributed by atoms with van der Waals surface area (Å²) >= 11 is 0. The van der Waals surface area contributed by atoms with Gasteiger partial charge in [0.1, 0.15) is 11.6 Å². The van der Waals surface area contributed by atoms with Gasteiger partial charge in [0.05, 0.1) is 0 Å². The third-order valence-electron chi connectivity index (χ3n) is 5.53. The van der Waals surface area contributed by atoms with Crippen molar-refractivity contribution in [3.8, 4) is 0 Å². The maximum Gasteiger partial charge on any atom is 0.193 e. The van der Waals surface area contributed by atoms with Crippen LogP contribution < -0.4 is 0 Å². The summed E-state index contributed by atoms with van der Waals surface area (Å²) in [4.78, 5) is 25.6. The molecule has 0 saturated heterocycles. The molecule has 0 saturated carbocycles. The van der Waals surface area contributed by atoms with Gasteiger partial charge in [0.25, 0.3) is 0 Å². The molecule has 5 aromatic rings. The van der Waals surface area contributed by atoms with Crippen molar-refractivity contribution in [3.63, 3.8) is 0 Å². The summed E-state index contributed by atoms with van der Waals surface area (Å²) in [6.45, 7) is 0. The number of carbonyl (C=O) groups excluding carboxylic acids is 2. The summed E-state index contributed by atoms with van der Waals surface area (Å²) in [6, 6.07) is 25.7. The highest BCUT2D eigenvalue weighted by Gasteiger charge is 2.12. The van der Waals surface area contributed by atoms with E-state index in [0.29, 0.717) is 22.3 Å². The van der Waals surface area contributed by atoms with E-state index in [-0.39, 0.29) is 11.6 Å². The molecule has 0 aliphatic rings. The molecule has 0 aromatic heterocycles. The van der Waals surface area contributed by atoms with Gasteiger partial charge in [0, 0.05) is 22.3 Å². The zero-order valence-corrected chi connectivity index (χ0v) is 16.8. The molecule has 5 aromatic carbocycles. The summed E-state index contributed by atoms with van der Waals surface area (Å²) in [6.07, 6.45) is 0. The van der Waals surface area contributed by atoms with E-state index in [1.54, 1.807) is 24.3 Å². The molecule has 2 nitrogen and oxygen atoms in total. The van der Waals surface area contributed by atoms with Crippen LogP contribution >= 0.6 is 0 Å². The maximum absolute atomic E-state index is 13.2. The molecule has 0 spiro atoms. The van der Waals surface area contributed by atoms with Crippen molar-refractivity contribution in [3.05, 3.63) is 131 Å². The van der Waals surface area contributed by atoms with Gasteiger partial charge in [-0.2, -0.15) is 0 Å². The highest BCUT2D eigenvalue weighted by atomic mass is 19.1. The van der Waals surface area contributed by atoms with Gasteiger partial charge in [0.2, 0.25) is 0 Å². The number of rotatable bonds is 4. The van der Waals surface area contributed by atoms with Gasteiger partial charge in [-0.25, -0.2) is 8.78 Å². The number of hydrogen-bond acceptors (Lipinski definition) is 2. The molecular formula is C28H16F2O2. The first kappa shape index (κ1) is 19.8. The highest BCUT2D eigenvalue weighted by molar-refractivity contribution is 6.13. The smallest absolute Gasteiger partial charge is 0.193 e. The fourth-order valence-corrected chi connectivity index (χ4v) is 3.82. The minimum absolute atomic E-state index is 0.188. The lowest BCUT2D eigenvalue weighted by Crippen LogP contribution is -2.01. The second kappa shape index (κ2) is 7.82. The van der Waals surface area contributed by atoms with Crippen molar-refractivity contribution >= 4 is 33.1 Å². The van der Waals surface area contributed by atoms with Crippen LogP contribution in [0.15, 0.2) is 97.1 Å². The topological polar surface area (TPSA) is 34.1 Å². The number of ketones is 2. The molecule has 32 heavy (non-hydrogen) atoms. The SMILES string of the molecule is O=C(c1ccc(F)cc1)c1ccc2cc3ccc(C(=O)c4ccc(F)cc4)cc3cc2c1. The molecule has 0 heterocycles. The van der Waals surface area contributed by atoms with Crippen molar-refractivity contribution in [1.29, 1.82) is 0 Å². The van der Waals surface area contributed by atoms with Gasteiger partial charge in [-0.15, -0.1) is 0 Å². The molecule has 0 aliphatic carbocycles. The van der Waals surface area contributed by atoms with E-state index in [9.17, 15) is 18.4 Å². The number of hydrogen-bond donors (Lipinski definition) is 0. The Labute approximate surface area is 182 Å². The van der Waals surface area contributed by atoms with Crippen LogP contribution in [0, 0.1) is 11.6 Å². The first-order valence-electron chi connectivity index (χ1n) is 10.1. The van der Waals surface area contributed by atoms with Crippen molar-refractivity contribution in [1.82, 2.24) is 0 Å². The molecule has 4 heteroatoms. The first-order chi connectivity index (χ1) is 15.5. The van der Waals surface area contributed by atoms with Crippen LogP contribution in [-0.4, -0.2) is 11.6 Å². The molecule has 0 bridgehead atoms. The highest BCUT2D eigenvalue weighted by Crippen LogP contribution is 2.26. The van der Waals surface area contributed by atoms with E-state index < -0.39 is 11.6 Å². The number of halogens is 2. The van der Waals surface area contributed by atoms with Crippen LogP contribution in [0.1, 0.15) is 31.8 Å². The monoisotopic (exact) mass is 422 g/mol. The summed E-state index contributed by atoms with van der Waals surface area (Å²) in [7, 11) is 0. The van der Waals surface area contributed by atoms with E-state index in [0.717, 1.165) is 21.5 Å². The third kappa shape index (κ3) is 3.67. The molecule has 5 rings (SSSR count). The lowest BCUT2D eigenvalue weighted by molar-refractivity contribution is 0.103. The Kier molecular flexibility index (Phi) is 4.83. The Morgan fingerprint density at radius 2 is 0.750 bits per heavy atom. The minimum atomic E-state index is -0.391. The van der Waals surface area contributed by atoms with Gasteiger partial charge >= 0.3 is 0 Å². The van der Waals surface area contributed by atoms with E-state index in [1.165, 1.54) is 48.5 Å². The molecule has 0 atom stereocenters. The molecule has 0 radical (unpaired) electrons. The normalized spacial score (nSPS) is 11.1. The fraction of sp³-hybridized carbons (Fsp3) is 0. The molecule has 0 unspecified atom stereocenters. The fourth-order valence-electron chi connectivity index (χ4n) is 3.82. The second-order valence-corrected chi connectivity index (χ2v) is 7.65. The van der Waals surface area contributed by atoms with Crippen LogP contribution in [0.4, 0.5) is 8.78 Å². The molecular weight excluding hydrogens is 406 g/mol. The standard InChI is InChI=1S/C28H16F2O2/c29-25-9-5-17(6-10-25)27(31)21-3-1-19-13-20-2-4-22(15-24(20)16-23(19)14-21)28(32)18-7-11-26(30)12-8-18/h1-16H.